The molecule has 0 radical (unpaired) electrons. The van der Waals surface area contributed by atoms with E-state index in [-0.39, 0.29) is 11.7 Å². The topological polar surface area (TPSA) is 34.9 Å². The zero-order valence-electron chi connectivity index (χ0n) is 10.1. The van der Waals surface area contributed by atoms with E-state index in [1.165, 1.54) is 0 Å². The lowest BCUT2D eigenvalue weighted by Crippen LogP contribution is -2.08. The van der Waals surface area contributed by atoms with Gasteiger partial charge in [-0.25, -0.2) is 4.68 Å². The highest BCUT2D eigenvalue weighted by molar-refractivity contribution is 5.76. The van der Waals surface area contributed by atoms with Crippen LogP contribution in [-0.4, -0.2) is 15.6 Å². The average molecular weight is 228 g/mol. The second-order valence-corrected chi connectivity index (χ2v) is 4.31. The number of Topliss-reactive ketones (excluding diaryl/α,β-unsaturated/α-hetero) is 1. The number of nitrogens with zero attached hydrogens (tertiary/aromatic N) is 2. The monoisotopic (exact) mass is 228 g/mol. The van der Waals surface area contributed by atoms with Gasteiger partial charge in [-0.1, -0.05) is 25.1 Å². The normalized spacial score (nSPS) is 12.4. The number of hydrogen-bond acceptors (Lipinski definition) is 2. The van der Waals surface area contributed by atoms with E-state index in [0.717, 1.165) is 11.4 Å². The lowest BCUT2D eigenvalue weighted by molar-refractivity contribution is -0.117. The quantitative estimate of drug-likeness (QED) is 0.806. The molecule has 1 atom stereocenters. The molecule has 0 aliphatic heterocycles. The van der Waals surface area contributed by atoms with E-state index in [1.54, 1.807) is 13.1 Å². The minimum Gasteiger partial charge on any atom is -0.300 e. The first-order valence-corrected chi connectivity index (χ1v) is 5.77. The maximum Gasteiger partial charge on any atom is 0.130 e. The lowest BCUT2D eigenvalue weighted by Gasteiger charge is -2.12. The Morgan fingerprint density at radius 3 is 2.65 bits per heavy atom. The molecule has 88 valence electrons. The molecule has 0 N–H and O–H groups in total. The largest absolute Gasteiger partial charge is 0.300 e. The Kier molecular flexibility index (Phi) is 3.38. The molecule has 3 heteroatoms. The van der Waals surface area contributed by atoms with Gasteiger partial charge in [0, 0.05) is 24.2 Å². The predicted octanol–water partition coefficient (Wildman–Crippen LogP) is 2.95. The van der Waals surface area contributed by atoms with Crippen LogP contribution in [0, 0.1) is 0 Å². The molecule has 0 bridgehead atoms. The molecule has 0 amide bonds. The number of hydrogen-bond donors (Lipinski definition) is 0. The van der Waals surface area contributed by atoms with Crippen LogP contribution in [-0.2, 0) is 4.79 Å². The molecule has 0 fully saturated rings. The van der Waals surface area contributed by atoms with Crippen LogP contribution in [0.1, 0.15) is 31.9 Å². The van der Waals surface area contributed by atoms with Crippen molar-refractivity contribution in [2.24, 2.45) is 0 Å². The molecule has 1 aromatic carbocycles. The van der Waals surface area contributed by atoms with Crippen molar-refractivity contribution in [2.45, 2.75) is 26.2 Å². The molecule has 0 saturated carbocycles. The van der Waals surface area contributed by atoms with Crippen LogP contribution < -0.4 is 0 Å². The first kappa shape index (κ1) is 11.6. The van der Waals surface area contributed by atoms with Gasteiger partial charge in [0.05, 0.1) is 5.69 Å². The Hall–Kier alpha value is -1.90. The van der Waals surface area contributed by atoms with Crippen molar-refractivity contribution in [3.63, 3.8) is 0 Å². The average Bonchev–Trinajstić information content (AvgIpc) is 2.78. The molecule has 1 unspecified atom stereocenters. The number of rotatable bonds is 4. The third-order valence-corrected chi connectivity index (χ3v) is 2.77. The van der Waals surface area contributed by atoms with Gasteiger partial charge in [0.25, 0.3) is 0 Å². The van der Waals surface area contributed by atoms with Gasteiger partial charge in [0.1, 0.15) is 5.78 Å². The molecule has 2 rings (SSSR count). The Balaban J connectivity index is 2.32. The number of aromatic nitrogens is 2. The summed E-state index contributed by atoms with van der Waals surface area (Å²) in [5, 5.41) is 4.32. The summed E-state index contributed by atoms with van der Waals surface area (Å²) < 4.78 is 1.90. The van der Waals surface area contributed by atoms with E-state index in [1.807, 2.05) is 41.1 Å². The molecule has 1 aromatic heterocycles. The van der Waals surface area contributed by atoms with Crippen molar-refractivity contribution >= 4 is 5.78 Å². The number of carbonyl (C=O) groups excluding carboxylic acids is 1. The fourth-order valence-electron chi connectivity index (χ4n) is 2.01. The van der Waals surface area contributed by atoms with Crippen molar-refractivity contribution < 1.29 is 4.79 Å². The number of carbonyl (C=O) groups is 1. The molecule has 17 heavy (non-hydrogen) atoms. The van der Waals surface area contributed by atoms with Crippen molar-refractivity contribution in [1.82, 2.24) is 9.78 Å². The smallest absolute Gasteiger partial charge is 0.130 e. The van der Waals surface area contributed by atoms with Crippen molar-refractivity contribution in [3.05, 3.63) is 48.3 Å². The van der Waals surface area contributed by atoms with Gasteiger partial charge >= 0.3 is 0 Å². The molecule has 0 spiro atoms. The van der Waals surface area contributed by atoms with Gasteiger partial charge < -0.3 is 4.79 Å². The fraction of sp³-hybridized carbons (Fsp3) is 0.286. The Bertz CT molecular complexity index is 502. The molecule has 0 saturated heterocycles. The molecule has 1 heterocycles. The molecule has 0 aliphatic rings. The van der Waals surface area contributed by atoms with Crippen LogP contribution in [0.3, 0.4) is 0 Å². The SMILES string of the molecule is CC(=O)CC(C)c1ccnn1-c1ccccc1. The third kappa shape index (κ3) is 2.61. The van der Waals surface area contributed by atoms with Crippen LogP contribution in [0.15, 0.2) is 42.6 Å². The highest BCUT2D eigenvalue weighted by atomic mass is 16.1. The zero-order valence-corrected chi connectivity index (χ0v) is 10.1. The molecular weight excluding hydrogens is 212 g/mol. The zero-order chi connectivity index (χ0) is 12.3. The summed E-state index contributed by atoms with van der Waals surface area (Å²) in [5.74, 6) is 0.397. The fourth-order valence-corrected chi connectivity index (χ4v) is 2.01. The van der Waals surface area contributed by atoms with Gasteiger partial charge in [-0.05, 0) is 25.1 Å². The second-order valence-electron chi connectivity index (χ2n) is 4.31. The summed E-state index contributed by atoms with van der Waals surface area (Å²) >= 11 is 0. The van der Waals surface area contributed by atoms with Gasteiger partial charge in [0.2, 0.25) is 0 Å². The van der Waals surface area contributed by atoms with E-state index in [2.05, 4.69) is 12.0 Å². The Morgan fingerprint density at radius 1 is 1.29 bits per heavy atom. The van der Waals surface area contributed by atoms with Gasteiger partial charge in [0.15, 0.2) is 0 Å². The van der Waals surface area contributed by atoms with Gasteiger partial charge in [-0.15, -0.1) is 0 Å². The third-order valence-electron chi connectivity index (χ3n) is 2.77. The van der Waals surface area contributed by atoms with Gasteiger partial charge in [-0.3, -0.25) is 0 Å². The van der Waals surface area contributed by atoms with Crippen LogP contribution >= 0.6 is 0 Å². The maximum atomic E-state index is 11.2. The van der Waals surface area contributed by atoms with E-state index < -0.39 is 0 Å². The standard InChI is InChI=1S/C14H16N2O/c1-11(10-12(2)17)14-8-9-15-16(14)13-6-4-3-5-7-13/h3-9,11H,10H2,1-2H3. The predicted molar refractivity (Wildman–Crippen MR) is 67.3 cm³/mol. The first-order chi connectivity index (χ1) is 8.18. The molecule has 0 aliphatic carbocycles. The van der Waals surface area contributed by atoms with Crippen molar-refractivity contribution in [2.75, 3.05) is 0 Å². The van der Waals surface area contributed by atoms with E-state index in [4.69, 9.17) is 0 Å². The number of para-hydroxylation sites is 1. The van der Waals surface area contributed by atoms with Crippen LogP contribution in [0.2, 0.25) is 0 Å². The molecular formula is C14H16N2O. The van der Waals surface area contributed by atoms with Crippen LogP contribution in [0.5, 0.6) is 0 Å². The van der Waals surface area contributed by atoms with Gasteiger partial charge in [-0.2, -0.15) is 5.10 Å². The van der Waals surface area contributed by atoms with Crippen molar-refractivity contribution in [3.8, 4) is 5.69 Å². The second kappa shape index (κ2) is 4.95. The van der Waals surface area contributed by atoms with E-state index >= 15 is 0 Å². The molecule has 3 nitrogen and oxygen atoms in total. The maximum absolute atomic E-state index is 11.2. The number of benzene rings is 1. The highest BCUT2D eigenvalue weighted by Gasteiger charge is 2.13. The summed E-state index contributed by atoms with van der Waals surface area (Å²) in [6, 6.07) is 11.9. The van der Waals surface area contributed by atoms with Crippen LogP contribution in [0.25, 0.3) is 5.69 Å². The minimum absolute atomic E-state index is 0.190. The minimum atomic E-state index is 0.190. The van der Waals surface area contributed by atoms with Crippen LogP contribution in [0.4, 0.5) is 0 Å². The van der Waals surface area contributed by atoms with Crippen molar-refractivity contribution in [1.29, 1.82) is 0 Å². The molecule has 2 aromatic rings. The Labute approximate surface area is 101 Å². The summed E-state index contributed by atoms with van der Waals surface area (Å²) in [7, 11) is 0. The lowest BCUT2D eigenvalue weighted by atomic mass is 10.0. The summed E-state index contributed by atoms with van der Waals surface area (Å²) in [6.45, 7) is 3.68. The first-order valence-electron chi connectivity index (χ1n) is 5.77. The summed E-state index contributed by atoms with van der Waals surface area (Å²) in [6.07, 6.45) is 2.33. The summed E-state index contributed by atoms with van der Waals surface area (Å²) in [4.78, 5) is 11.2. The van der Waals surface area contributed by atoms with E-state index in [9.17, 15) is 4.79 Å². The Morgan fingerprint density at radius 2 is 2.00 bits per heavy atom. The summed E-state index contributed by atoms with van der Waals surface area (Å²) in [5.41, 5.74) is 2.11. The number of ketones is 1. The van der Waals surface area contributed by atoms with E-state index in [0.29, 0.717) is 6.42 Å². The highest BCUT2D eigenvalue weighted by Crippen LogP contribution is 2.21.